The first-order valence-electron chi connectivity index (χ1n) is 7.50. The van der Waals surface area contributed by atoms with Crippen molar-refractivity contribution in [2.45, 2.75) is 31.2 Å². The summed E-state index contributed by atoms with van der Waals surface area (Å²) < 4.78 is 11.2. The van der Waals surface area contributed by atoms with Crippen LogP contribution < -0.4 is 9.47 Å². The lowest BCUT2D eigenvalue weighted by Crippen LogP contribution is -2.30. The second kappa shape index (κ2) is 4.60. The maximum absolute atomic E-state index is 11.6. The van der Waals surface area contributed by atoms with E-state index in [9.17, 15) is 4.79 Å². The third-order valence-electron chi connectivity index (χ3n) is 4.95. The summed E-state index contributed by atoms with van der Waals surface area (Å²) in [7, 11) is 2.13. The molecule has 0 unspecified atom stereocenters. The van der Waals surface area contributed by atoms with Crippen LogP contribution in [0.3, 0.4) is 0 Å². The van der Waals surface area contributed by atoms with Crippen LogP contribution in [0.2, 0.25) is 0 Å². The van der Waals surface area contributed by atoms with Gasteiger partial charge in [-0.15, -0.1) is 0 Å². The summed E-state index contributed by atoms with van der Waals surface area (Å²) in [5.41, 5.74) is 2.50. The molecule has 0 radical (unpaired) electrons. The summed E-state index contributed by atoms with van der Waals surface area (Å²) in [6.07, 6.45) is 6.46. The highest BCUT2D eigenvalue weighted by Gasteiger charge is 2.38. The number of rotatable bonds is 0. The van der Waals surface area contributed by atoms with E-state index in [2.05, 4.69) is 24.1 Å². The predicted molar refractivity (Wildman–Crippen MR) is 78.6 cm³/mol. The lowest BCUT2D eigenvalue weighted by molar-refractivity contribution is -0.115. The zero-order chi connectivity index (χ0) is 14.4. The lowest BCUT2D eigenvalue weighted by Gasteiger charge is -2.33. The van der Waals surface area contributed by atoms with Gasteiger partial charge in [0.15, 0.2) is 17.3 Å². The van der Waals surface area contributed by atoms with E-state index in [-0.39, 0.29) is 11.2 Å². The molecule has 1 spiro atoms. The summed E-state index contributed by atoms with van der Waals surface area (Å²) in [6.45, 7) is 2.19. The van der Waals surface area contributed by atoms with Gasteiger partial charge in [-0.25, -0.2) is 0 Å². The van der Waals surface area contributed by atoms with Gasteiger partial charge in [0.25, 0.3) is 0 Å². The van der Waals surface area contributed by atoms with Gasteiger partial charge in [0.2, 0.25) is 6.79 Å². The lowest BCUT2D eigenvalue weighted by atomic mass is 9.70. The monoisotopic (exact) mass is 285 g/mol. The molecule has 1 atom stereocenters. The van der Waals surface area contributed by atoms with Crippen molar-refractivity contribution in [3.8, 4) is 11.5 Å². The number of allylic oxidation sites excluding steroid dienone is 2. The van der Waals surface area contributed by atoms with Crippen LogP contribution in [0.15, 0.2) is 24.3 Å². The standard InChI is InChI=1S/C17H19NO3/c1-18-9-8-17(6-4-12(19)5-7-17)14-2-3-15-16(13(14)10-18)21-11-20-15/h2-4,6H,5,7-11H2,1H3/t17-/m0/s1. The Bertz CT molecular complexity index is 637. The van der Waals surface area contributed by atoms with E-state index in [4.69, 9.17) is 9.47 Å². The van der Waals surface area contributed by atoms with Crippen molar-refractivity contribution in [3.05, 3.63) is 35.4 Å². The van der Waals surface area contributed by atoms with Gasteiger partial charge in [-0.1, -0.05) is 12.1 Å². The smallest absolute Gasteiger partial charge is 0.231 e. The average molecular weight is 285 g/mol. The number of carbonyl (C=O) groups is 1. The molecule has 0 N–H and O–H groups in total. The molecule has 4 nitrogen and oxygen atoms in total. The van der Waals surface area contributed by atoms with Gasteiger partial charge in [-0.2, -0.15) is 0 Å². The van der Waals surface area contributed by atoms with Crippen LogP contribution in [0.5, 0.6) is 11.5 Å². The van der Waals surface area contributed by atoms with Crippen LogP contribution in [-0.2, 0) is 16.8 Å². The molecule has 0 saturated carbocycles. The molecule has 1 aliphatic carbocycles. The topological polar surface area (TPSA) is 38.8 Å². The van der Waals surface area contributed by atoms with E-state index < -0.39 is 0 Å². The molecule has 21 heavy (non-hydrogen) atoms. The first kappa shape index (κ1) is 12.9. The van der Waals surface area contributed by atoms with Gasteiger partial charge >= 0.3 is 0 Å². The number of carbonyl (C=O) groups excluding carboxylic acids is 1. The Labute approximate surface area is 124 Å². The van der Waals surface area contributed by atoms with Gasteiger partial charge in [0.1, 0.15) is 0 Å². The highest BCUT2D eigenvalue weighted by molar-refractivity contribution is 5.91. The first-order valence-corrected chi connectivity index (χ1v) is 7.50. The van der Waals surface area contributed by atoms with E-state index >= 15 is 0 Å². The summed E-state index contributed by atoms with van der Waals surface area (Å²) >= 11 is 0. The minimum atomic E-state index is -0.0328. The molecule has 0 bridgehead atoms. The number of hydrogen-bond acceptors (Lipinski definition) is 4. The summed E-state index contributed by atoms with van der Waals surface area (Å²) in [6, 6.07) is 4.18. The Morgan fingerprint density at radius 3 is 2.95 bits per heavy atom. The molecule has 110 valence electrons. The van der Waals surface area contributed by atoms with Crippen molar-refractivity contribution in [1.82, 2.24) is 4.90 Å². The molecule has 1 aromatic rings. The molecule has 0 amide bonds. The molecule has 1 aromatic carbocycles. The van der Waals surface area contributed by atoms with Crippen LogP contribution in [-0.4, -0.2) is 31.1 Å². The molecule has 4 rings (SSSR count). The van der Waals surface area contributed by atoms with Crippen LogP contribution in [0.1, 0.15) is 30.4 Å². The summed E-state index contributed by atoms with van der Waals surface area (Å²) in [4.78, 5) is 13.9. The second-order valence-corrected chi connectivity index (χ2v) is 6.27. The number of ketones is 1. The van der Waals surface area contributed by atoms with Gasteiger partial charge in [0.05, 0.1) is 0 Å². The van der Waals surface area contributed by atoms with E-state index in [1.807, 2.05) is 6.07 Å². The Morgan fingerprint density at radius 2 is 2.14 bits per heavy atom. The fourth-order valence-electron chi connectivity index (χ4n) is 3.73. The number of nitrogens with zero attached hydrogens (tertiary/aromatic N) is 1. The summed E-state index contributed by atoms with van der Waals surface area (Å²) in [5, 5.41) is 0. The van der Waals surface area contributed by atoms with Crippen molar-refractivity contribution >= 4 is 5.78 Å². The largest absolute Gasteiger partial charge is 0.454 e. The predicted octanol–water partition coefficient (Wildman–Crippen LogP) is 2.41. The highest BCUT2D eigenvalue weighted by Crippen LogP contribution is 2.47. The molecule has 0 aromatic heterocycles. The molecule has 2 aliphatic heterocycles. The van der Waals surface area contributed by atoms with Crippen molar-refractivity contribution in [2.24, 2.45) is 0 Å². The first-order chi connectivity index (χ1) is 10.2. The second-order valence-electron chi connectivity index (χ2n) is 6.27. The highest BCUT2D eigenvalue weighted by atomic mass is 16.7. The zero-order valence-electron chi connectivity index (χ0n) is 12.2. The van der Waals surface area contributed by atoms with E-state index in [1.54, 1.807) is 6.08 Å². The Balaban J connectivity index is 1.90. The Kier molecular flexibility index (Phi) is 2.82. The molecule has 0 fully saturated rings. The maximum atomic E-state index is 11.6. The molecule has 4 heteroatoms. The van der Waals surface area contributed by atoms with Crippen molar-refractivity contribution in [3.63, 3.8) is 0 Å². The van der Waals surface area contributed by atoms with E-state index in [0.717, 1.165) is 37.4 Å². The molecule has 0 saturated heterocycles. The van der Waals surface area contributed by atoms with Gasteiger partial charge < -0.3 is 14.4 Å². The minimum absolute atomic E-state index is 0.0328. The number of hydrogen-bond donors (Lipinski definition) is 0. The van der Waals surface area contributed by atoms with Crippen LogP contribution in [0.25, 0.3) is 0 Å². The van der Waals surface area contributed by atoms with Crippen molar-refractivity contribution in [2.75, 3.05) is 20.4 Å². The third-order valence-corrected chi connectivity index (χ3v) is 4.95. The van der Waals surface area contributed by atoms with Gasteiger partial charge in [0, 0.05) is 23.9 Å². The molecule has 2 heterocycles. The quantitative estimate of drug-likeness (QED) is 0.734. The fraction of sp³-hybridized carbons (Fsp3) is 0.471. The van der Waals surface area contributed by atoms with Crippen molar-refractivity contribution in [1.29, 1.82) is 0 Å². The number of fused-ring (bicyclic) bond motifs is 4. The van der Waals surface area contributed by atoms with Gasteiger partial charge in [-0.3, -0.25) is 4.79 Å². The van der Waals surface area contributed by atoms with E-state index in [1.165, 1.54) is 11.1 Å². The zero-order valence-corrected chi connectivity index (χ0v) is 12.2. The van der Waals surface area contributed by atoms with Gasteiger partial charge in [-0.05, 0) is 44.1 Å². The third kappa shape index (κ3) is 1.97. The SMILES string of the molecule is CN1CC[C@@]2(C=CC(=O)CC2)c2ccc3c(c2C1)OCO3. The number of ether oxygens (including phenoxy) is 2. The van der Waals surface area contributed by atoms with Crippen LogP contribution in [0.4, 0.5) is 0 Å². The molecular weight excluding hydrogens is 266 g/mol. The maximum Gasteiger partial charge on any atom is 0.231 e. The Morgan fingerprint density at radius 1 is 1.24 bits per heavy atom. The summed E-state index contributed by atoms with van der Waals surface area (Å²) in [5.74, 6) is 1.97. The number of benzene rings is 1. The van der Waals surface area contributed by atoms with E-state index in [0.29, 0.717) is 13.2 Å². The molecule has 3 aliphatic rings. The fourth-order valence-corrected chi connectivity index (χ4v) is 3.73. The minimum Gasteiger partial charge on any atom is -0.454 e. The average Bonchev–Trinajstić information content (AvgIpc) is 2.92. The van der Waals surface area contributed by atoms with Crippen molar-refractivity contribution < 1.29 is 14.3 Å². The normalized spacial score (nSPS) is 27.8. The van der Waals surface area contributed by atoms with Crippen LogP contribution >= 0.6 is 0 Å². The molecular formula is C17H19NO3. The Hall–Kier alpha value is -1.81. The van der Waals surface area contributed by atoms with Crippen LogP contribution in [0, 0.1) is 0 Å².